The molecule has 0 saturated carbocycles. The van der Waals surface area contributed by atoms with Gasteiger partial charge in [-0.2, -0.15) is 0 Å². The lowest BCUT2D eigenvalue weighted by atomic mass is 9.99. The van der Waals surface area contributed by atoms with Gasteiger partial charge in [-0.05, 0) is 43.7 Å². The summed E-state index contributed by atoms with van der Waals surface area (Å²) in [6.07, 6.45) is 0.0150. The summed E-state index contributed by atoms with van der Waals surface area (Å²) in [5, 5.41) is -0.264. The standard InChI is InChI=1S/C16H16ClF2NO/c1-9(2)21-11-5-3-4-10(6-11)16(20)12-7-15(19)13(17)8-14(12)18/h3-9,16H,20H2,1-2H3. The van der Waals surface area contributed by atoms with E-state index in [-0.39, 0.29) is 16.7 Å². The molecule has 0 aliphatic carbocycles. The predicted octanol–water partition coefficient (Wildman–Crippen LogP) is 4.45. The fourth-order valence-electron chi connectivity index (χ4n) is 2.01. The highest BCUT2D eigenvalue weighted by Crippen LogP contribution is 2.28. The lowest BCUT2D eigenvalue weighted by molar-refractivity contribution is 0.242. The van der Waals surface area contributed by atoms with Crippen LogP contribution in [0.15, 0.2) is 36.4 Å². The number of nitrogens with two attached hydrogens (primary N) is 1. The Kier molecular flexibility index (Phi) is 4.80. The predicted molar refractivity (Wildman–Crippen MR) is 79.6 cm³/mol. The fourth-order valence-corrected chi connectivity index (χ4v) is 2.16. The summed E-state index contributed by atoms with van der Waals surface area (Å²) < 4.78 is 33.0. The second kappa shape index (κ2) is 6.41. The van der Waals surface area contributed by atoms with E-state index in [9.17, 15) is 8.78 Å². The SMILES string of the molecule is CC(C)Oc1cccc(C(N)c2cc(F)c(Cl)cc2F)c1. The van der Waals surface area contributed by atoms with Gasteiger partial charge in [-0.3, -0.25) is 0 Å². The summed E-state index contributed by atoms with van der Waals surface area (Å²) in [7, 11) is 0. The van der Waals surface area contributed by atoms with Crippen LogP contribution < -0.4 is 10.5 Å². The van der Waals surface area contributed by atoms with Crippen molar-refractivity contribution in [3.8, 4) is 5.75 Å². The zero-order valence-corrected chi connectivity index (χ0v) is 12.5. The Balaban J connectivity index is 2.36. The highest BCUT2D eigenvalue weighted by molar-refractivity contribution is 6.30. The maximum Gasteiger partial charge on any atom is 0.142 e. The number of rotatable bonds is 4. The molecule has 112 valence electrons. The second-order valence-electron chi connectivity index (χ2n) is 5.00. The van der Waals surface area contributed by atoms with Gasteiger partial charge in [0.05, 0.1) is 17.2 Å². The molecule has 2 nitrogen and oxygen atoms in total. The molecule has 0 aliphatic heterocycles. The topological polar surface area (TPSA) is 35.2 Å². The lowest BCUT2D eigenvalue weighted by Crippen LogP contribution is -2.14. The van der Waals surface area contributed by atoms with Crippen LogP contribution in [0.4, 0.5) is 8.78 Å². The van der Waals surface area contributed by atoms with Gasteiger partial charge in [0.1, 0.15) is 17.4 Å². The monoisotopic (exact) mass is 311 g/mol. The summed E-state index contributed by atoms with van der Waals surface area (Å²) in [5.41, 5.74) is 6.72. The number of hydrogen-bond donors (Lipinski definition) is 1. The van der Waals surface area contributed by atoms with Crippen LogP contribution in [0.1, 0.15) is 31.0 Å². The zero-order valence-electron chi connectivity index (χ0n) is 11.7. The van der Waals surface area contributed by atoms with Gasteiger partial charge >= 0.3 is 0 Å². The van der Waals surface area contributed by atoms with Gasteiger partial charge in [0.15, 0.2) is 0 Å². The Bertz CT molecular complexity index is 646. The first-order valence-electron chi connectivity index (χ1n) is 6.55. The minimum Gasteiger partial charge on any atom is -0.491 e. The Labute approximate surface area is 127 Å². The van der Waals surface area contributed by atoms with Crippen LogP contribution in [-0.2, 0) is 0 Å². The molecular weight excluding hydrogens is 296 g/mol. The Morgan fingerprint density at radius 1 is 1.10 bits per heavy atom. The third-order valence-electron chi connectivity index (χ3n) is 2.96. The van der Waals surface area contributed by atoms with Crippen molar-refractivity contribution in [3.05, 3.63) is 64.2 Å². The third kappa shape index (κ3) is 3.71. The van der Waals surface area contributed by atoms with Gasteiger partial charge < -0.3 is 10.5 Å². The van der Waals surface area contributed by atoms with E-state index in [2.05, 4.69) is 0 Å². The van der Waals surface area contributed by atoms with Crippen LogP contribution in [0.25, 0.3) is 0 Å². The van der Waals surface area contributed by atoms with Gasteiger partial charge in [0.2, 0.25) is 0 Å². The molecule has 5 heteroatoms. The molecule has 21 heavy (non-hydrogen) atoms. The van der Waals surface area contributed by atoms with E-state index in [1.807, 2.05) is 13.8 Å². The largest absolute Gasteiger partial charge is 0.491 e. The molecule has 2 N–H and O–H groups in total. The van der Waals surface area contributed by atoms with E-state index >= 15 is 0 Å². The smallest absolute Gasteiger partial charge is 0.142 e. The zero-order chi connectivity index (χ0) is 15.6. The van der Waals surface area contributed by atoms with Gasteiger partial charge in [-0.25, -0.2) is 8.78 Å². The van der Waals surface area contributed by atoms with Crippen LogP contribution in [0.3, 0.4) is 0 Å². The van der Waals surface area contributed by atoms with Gasteiger partial charge in [-0.1, -0.05) is 23.7 Å². The van der Waals surface area contributed by atoms with E-state index in [4.69, 9.17) is 22.1 Å². The molecule has 0 aliphatic rings. The average molecular weight is 312 g/mol. The summed E-state index contributed by atoms with van der Waals surface area (Å²) in [4.78, 5) is 0. The molecule has 0 amide bonds. The second-order valence-corrected chi connectivity index (χ2v) is 5.41. The van der Waals surface area contributed by atoms with Crippen molar-refractivity contribution in [2.75, 3.05) is 0 Å². The molecule has 0 heterocycles. The van der Waals surface area contributed by atoms with E-state index in [1.54, 1.807) is 24.3 Å². The van der Waals surface area contributed by atoms with E-state index in [0.717, 1.165) is 12.1 Å². The summed E-state index contributed by atoms with van der Waals surface area (Å²) in [6, 6.07) is 8.17. The Morgan fingerprint density at radius 3 is 2.48 bits per heavy atom. The van der Waals surface area contributed by atoms with Crippen LogP contribution in [0.2, 0.25) is 5.02 Å². The molecule has 2 aromatic rings. The van der Waals surface area contributed by atoms with Crippen LogP contribution in [0.5, 0.6) is 5.75 Å². The molecule has 0 bridgehead atoms. The normalized spacial score (nSPS) is 12.5. The minimum atomic E-state index is -0.799. The molecule has 0 spiro atoms. The lowest BCUT2D eigenvalue weighted by Gasteiger charge is -2.16. The highest BCUT2D eigenvalue weighted by atomic mass is 35.5. The maximum absolute atomic E-state index is 13.9. The molecule has 0 radical (unpaired) electrons. The first-order valence-corrected chi connectivity index (χ1v) is 6.93. The highest BCUT2D eigenvalue weighted by Gasteiger charge is 2.17. The van der Waals surface area contributed by atoms with Crippen molar-refractivity contribution >= 4 is 11.6 Å². The molecule has 1 unspecified atom stereocenters. The van der Waals surface area contributed by atoms with Gasteiger partial charge in [0, 0.05) is 5.56 Å². The van der Waals surface area contributed by atoms with Crippen LogP contribution >= 0.6 is 11.6 Å². The van der Waals surface area contributed by atoms with Crippen molar-refractivity contribution < 1.29 is 13.5 Å². The number of halogens is 3. The van der Waals surface area contributed by atoms with E-state index in [0.29, 0.717) is 11.3 Å². The number of hydrogen-bond acceptors (Lipinski definition) is 2. The van der Waals surface area contributed by atoms with Gasteiger partial charge in [-0.15, -0.1) is 0 Å². The molecule has 0 saturated heterocycles. The average Bonchev–Trinajstić information content (AvgIpc) is 2.41. The fraction of sp³-hybridized carbons (Fsp3) is 0.250. The number of ether oxygens (including phenoxy) is 1. The van der Waals surface area contributed by atoms with Crippen molar-refractivity contribution in [2.45, 2.75) is 26.0 Å². The van der Waals surface area contributed by atoms with Crippen molar-refractivity contribution in [2.24, 2.45) is 5.73 Å². The van der Waals surface area contributed by atoms with Crippen molar-refractivity contribution in [1.29, 1.82) is 0 Å². The molecule has 1 atom stereocenters. The third-order valence-corrected chi connectivity index (χ3v) is 3.25. The van der Waals surface area contributed by atoms with Gasteiger partial charge in [0.25, 0.3) is 0 Å². The quantitative estimate of drug-likeness (QED) is 0.846. The minimum absolute atomic E-state index is 0.0150. The Morgan fingerprint density at radius 2 is 1.81 bits per heavy atom. The summed E-state index contributed by atoms with van der Waals surface area (Å²) in [5.74, 6) is -0.699. The van der Waals surface area contributed by atoms with E-state index in [1.165, 1.54) is 0 Å². The molecule has 2 rings (SSSR count). The molecule has 2 aromatic carbocycles. The van der Waals surface area contributed by atoms with Crippen LogP contribution in [0, 0.1) is 11.6 Å². The molecular formula is C16H16ClF2NO. The first-order chi connectivity index (χ1) is 9.88. The first kappa shape index (κ1) is 15.7. The maximum atomic E-state index is 13.9. The molecule has 0 aromatic heterocycles. The molecule has 0 fully saturated rings. The number of benzene rings is 2. The van der Waals surface area contributed by atoms with E-state index < -0.39 is 17.7 Å². The summed E-state index contributed by atoms with van der Waals surface area (Å²) in [6.45, 7) is 3.81. The van der Waals surface area contributed by atoms with Crippen molar-refractivity contribution in [3.63, 3.8) is 0 Å². The van der Waals surface area contributed by atoms with Crippen LogP contribution in [-0.4, -0.2) is 6.10 Å². The van der Waals surface area contributed by atoms with Crippen molar-refractivity contribution in [1.82, 2.24) is 0 Å². The Hall–Kier alpha value is -1.65. The summed E-state index contributed by atoms with van der Waals surface area (Å²) >= 11 is 5.54.